The van der Waals surface area contributed by atoms with Crippen molar-refractivity contribution in [3.63, 3.8) is 0 Å². The predicted molar refractivity (Wildman–Crippen MR) is 138 cm³/mol. The maximum atomic E-state index is 12.6. The molecule has 2 heterocycles. The van der Waals surface area contributed by atoms with Gasteiger partial charge in [-0.25, -0.2) is 4.98 Å². The van der Waals surface area contributed by atoms with E-state index in [4.69, 9.17) is 4.74 Å². The van der Waals surface area contributed by atoms with Gasteiger partial charge in [-0.3, -0.25) is 25.2 Å². The quantitative estimate of drug-likeness (QED) is 0.478. The highest BCUT2D eigenvalue weighted by molar-refractivity contribution is 7.09. The highest BCUT2D eigenvalue weighted by Crippen LogP contribution is 2.30. The maximum absolute atomic E-state index is 12.6. The van der Waals surface area contributed by atoms with Crippen LogP contribution in [-0.4, -0.2) is 47.3 Å². The Balaban J connectivity index is 1.21. The summed E-state index contributed by atoms with van der Waals surface area (Å²) in [6.07, 6.45) is 1.73. The van der Waals surface area contributed by atoms with Crippen LogP contribution in [0.25, 0.3) is 0 Å². The standard InChI is InChI=1S/C27H30N4O4S/c1-18-8-9-22(14-19(18)2)35-16-25(33)31-12-10-21(11-13-31)27-28-23(17-36-27)26(34)30-29-24(32)15-20-6-4-3-5-7-20/h3-9,14,17,21H,10-13,15-16H2,1-2H3,(H,29,32)(H,30,34). The van der Waals surface area contributed by atoms with Gasteiger partial charge in [0.05, 0.1) is 11.4 Å². The van der Waals surface area contributed by atoms with Gasteiger partial charge in [-0.2, -0.15) is 0 Å². The van der Waals surface area contributed by atoms with E-state index < -0.39 is 5.91 Å². The Morgan fingerprint density at radius 1 is 1.03 bits per heavy atom. The number of rotatable bonds is 7. The first-order chi connectivity index (χ1) is 17.4. The van der Waals surface area contributed by atoms with Gasteiger partial charge in [0.1, 0.15) is 11.4 Å². The fraction of sp³-hybridized carbons (Fsp3) is 0.333. The number of aryl methyl sites for hydroxylation is 2. The van der Waals surface area contributed by atoms with Gasteiger partial charge in [-0.1, -0.05) is 36.4 Å². The minimum atomic E-state index is -0.449. The number of ether oxygens (including phenoxy) is 1. The van der Waals surface area contributed by atoms with Crippen LogP contribution in [0.3, 0.4) is 0 Å². The van der Waals surface area contributed by atoms with Gasteiger partial charge in [0.25, 0.3) is 11.8 Å². The molecule has 1 saturated heterocycles. The molecule has 0 bridgehead atoms. The van der Waals surface area contributed by atoms with Crippen molar-refractivity contribution in [1.82, 2.24) is 20.7 Å². The number of hydrazine groups is 1. The van der Waals surface area contributed by atoms with Gasteiger partial charge in [-0.05, 0) is 55.5 Å². The molecular formula is C27H30N4O4S. The maximum Gasteiger partial charge on any atom is 0.289 e. The van der Waals surface area contributed by atoms with E-state index in [2.05, 4.69) is 15.8 Å². The number of nitrogens with zero attached hydrogens (tertiary/aromatic N) is 2. The summed E-state index contributed by atoms with van der Waals surface area (Å²) in [6, 6.07) is 15.1. The molecule has 0 aliphatic carbocycles. The van der Waals surface area contributed by atoms with Crippen LogP contribution in [-0.2, 0) is 16.0 Å². The van der Waals surface area contributed by atoms with Gasteiger partial charge < -0.3 is 9.64 Å². The Hall–Kier alpha value is -3.72. The van der Waals surface area contributed by atoms with Crippen molar-refractivity contribution in [1.29, 1.82) is 0 Å². The molecular weight excluding hydrogens is 476 g/mol. The van der Waals surface area contributed by atoms with E-state index in [1.165, 1.54) is 16.9 Å². The number of carbonyl (C=O) groups is 3. The van der Waals surface area contributed by atoms with E-state index >= 15 is 0 Å². The van der Waals surface area contributed by atoms with Crippen LogP contribution in [0.5, 0.6) is 5.75 Å². The molecule has 2 N–H and O–H groups in total. The van der Waals surface area contributed by atoms with Gasteiger partial charge in [0, 0.05) is 24.4 Å². The van der Waals surface area contributed by atoms with Gasteiger partial charge in [0.2, 0.25) is 5.91 Å². The second-order valence-electron chi connectivity index (χ2n) is 8.93. The molecule has 0 unspecified atom stereocenters. The number of amides is 3. The number of hydrogen-bond acceptors (Lipinski definition) is 6. The molecule has 1 aromatic heterocycles. The number of benzene rings is 2. The molecule has 3 amide bonds. The van der Waals surface area contributed by atoms with Crippen molar-refractivity contribution in [2.75, 3.05) is 19.7 Å². The second-order valence-corrected chi connectivity index (χ2v) is 9.82. The summed E-state index contributed by atoms with van der Waals surface area (Å²) in [5.41, 5.74) is 8.32. The molecule has 1 aliphatic rings. The van der Waals surface area contributed by atoms with E-state index in [0.29, 0.717) is 18.8 Å². The third-order valence-electron chi connectivity index (χ3n) is 6.32. The lowest BCUT2D eigenvalue weighted by Crippen LogP contribution is -2.42. The predicted octanol–water partition coefficient (Wildman–Crippen LogP) is 3.55. The average Bonchev–Trinajstić information content (AvgIpc) is 3.39. The van der Waals surface area contributed by atoms with Crippen LogP contribution in [0.2, 0.25) is 0 Å². The van der Waals surface area contributed by atoms with E-state index in [9.17, 15) is 14.4 Å². The van der Waals surface area contributed by atoms with E-state index in [-0.39, 0.29) is 36.5 Å². The van der Waals surface area contributed by atoms with Gasteiger partial charge in [-0.15, -0.1) is 11.3 Å². The first-order valence-electron chi connectivity index (χ1n) is 12.0. The molecule has 0 atom stereocenters. The molecule has 4 rings (SSSR count). The Labute approximate surface area is 214 Å². The number of nitrogens with one attached hydrogen (secondary N) is 2. The van der Waals surface area contributed by atoms with Crippen molar-refractivity contribution in [2.45, 2.75) is 39.0 Å². The Morgan fingerprint density at radius 2 is 1.78 bits per heavy atom. The van der Waals surface area contributed by atoms with Crippen molar-refractivity contribution in [3.05, 3.63) is 81.3 Å². The molecule has 8 nitrogen and oxygen atoms in total. The Bertz CT molecular complexity index is 1220. The van der Waals surface area contributed by atoms with Crippen LogP contribution >= 0.6 is 11.3 Å². The SMILES string of the molecule is Cc1ccc(OCC(=O)N2CCC(c3nc(C(=O)NNC(=O)Cc4ccccc4)cs3)CC2)cc1C. The first-order valence-corrected chi connectivity index (χ1v) is 12.8. The van der Waals surface area contributed by atoms with Crippen LogP contribution in [0.1, 0.15) is 50.9 Å². The topological polar surface area (TPSA) is 101 Å². The Morgan fingerprint density at radius 3 is 2.50 bits per heavy atom. The number of hydrogen-bond donors (Lipinski definition) is 2. The first kappa shape index (κ1) is 25.4. The lowest BCUT2D eigenvalue weighted by atomic mass is 9.97. The molecule has 188 valence electrons. The summed E-state index contributed by atoms with van der Waals surface area (Å²) in [5, 5.41) is 2.57. The van der Waals surface area contributed by atoms with Crippen molar-refractivity contribution in [3.8, 4) is 5.75 Å². The number of carbonyl (C=O) groups excluding carboxylic acids is 3. The van der Waals surface area contributed by atoms with Crippen LogP contribution in [0, 0.1) is 13.8 Å². The average molecular weight is 507 g/mol. The molecule has 0 saturated carbocycles. The summed E-state index contributed by atoms with van der Waals surface area (Å²) in [7, 11) is 0. The normalized spacial score (nSPS) is 13.8. The monoisotopic (exact) mass is 506 g/mol. The van der Waals surface area contributed by atoms with E-state index in [1.807, 2.05) is 67.3 Å². The third-order valence-corrected chi connectivity index (χ3v) is 7.32. The van der Waals surface area contributed by atoms with Crippen LogP contribution in [0.15, 0.2) is 53.9 Å². The second kappa shape index (κ2) is 11.8. The Kier molecular flexibility index (Phi) is 8.32. The third kappa shape index (κ3) is 6.69. The summed E-state index contributed by atoms with van der Waals surface area (Å²) >= 11 is 1.43. The molecule has 9 heteroatoms. The number of piperidine rings is 1. The molecule has 1 fully saturated rings. The zero-order valence-electron chi connectivity index (χ0n) is 20.5. The molecule has 0 spiro atoms. The van der Waals surface area contributed by atoms with E-state index in [0.717, 1.165) is 29.0 Å². The van der Waals surface area contributed by atoms with Crippen molar-refractivity contribution in [2.24, 2.45) is 0 Å². The minimum absolute atomic E-state index is 0.0186. The molecule has 36 heavy (non-hydrogen) atoms. The largest absolute Gasteiger partial charge is 0.484 e. The summed E-state index contributed by atoms with van der Waals surface area (Å²) in [6.45, 7) is 5.32. The van der Waals surface area contributed by atoms with Gasteiger partial charge in [0.15, 0.2) is 6.61 Å². The number of aromatic nitrogens is 1. The smallest absolute Gasteiger partial charge is 0.289 e. The summed E-state index contributed by atoms with van der Waals surface area (Å²) < 4.78 is 5.70. The fourth-order valence-corrected chi connectivity index (χ4v) is 4.98. The van der Waals surface area contributed by atoms with Crippen LogP contribution < -0.4 is 15.6 Å². The molecule has 2 aromatic carbocycles. The van der Waals surface area contributed by atoms with Crippen molar-refractivity contribution < 1.29 is 19.1 Å². The molecule has 1 aliphatic heterocycles. The minimum Gasteiger partial charge on any atom is -0.484 e. The number of likely N-dealkylation sites (tertiary alicyclic amines) is 1. The lowest BCUT2D eigenvalue weighted by Gasteiger charge is -2.31. The number of thiazole rings is 1. The zero-order chi connectivity index (χ0) is 25.5. The zero-order valence-corrected chi connectivity index (χ0v) is 21.3. The molecule has 3 aromatic rings. The van der Waals surface area contributed by atoms with E-state index in [1.54, 1.807) is 5.38 Å². The summed E-state index contributed by atoms with van der Waals surface area (Å²) in [5.74, 6) is 0.107. The van der Waals surface area contributed by atoms with Gasteiger partial charge >= 0.3 is 0 Å². The lowest BCUT2D eigenvalue weighted by molar-refractivity contribution is -0.134. The fourth-order valence-electron chi connectivity index (χ4n) is 4.01. The summed E-state index contributed by atoms with van der Waals surface area (Å²) in [4.78, 5) is 43.4. The van der Waals surface area contributed by atoms with Crippen LogP contribution in [0.4, 0.5) is 0 Å². The van der Waals surface area contributed by atoms with Crippen molar-refractivity contribution >= 4 is 29.1 Å². The molecule has 0 radical (unpaired) electrons. The highest BCUT2D eigenvalue weighted by atomic mass is 32.1. The highest BCUT2D eigenvalue weighted by Gasteiger charge is 2.26.